The molecule has 95 heavy (non-hydrogen) atoms. The largest absolute Gasteiger partial charge is 1.00 e. The van der Waals surface area contributed by atoms with Crippen molar-refractivity contribution >= 4 is 98.9 Å². The monoisotopic (exact) mass is 1470 g/mol. The van der Waals surface area contributed by atoms with Crippen LogP contribution in [0.2, 0.25) is 0 Å². The summed E-state index contributed by atoms with van der Waals surface area (Å²) < 4.78 is 109. The van der Waals surface area contributed by atoms with Crippen LogP contribution in [-0.4, -0.2) is 162 Å². The van der Waals surface area contributed by atoms with Crippen molar-refractivity contribution in [1.29, 1.82) is 0 Å². The third kappa shape index (κ3) is 18.2. The minimum Gasteiger partial charge on any atom is -0.856 e. The summed E-state index contributed by atoms with van der Waals surface area (Å²) in [5.41, 5.74) is 15.2. The van der Waals surface area contributed by atoms with Gasteiger partial charge in [0.25, 0.3) is 40.7 Å². The van der Waals surface area contributed by atoms with E-state index in [1.165, 1.54) is 40.7 Å². The fourth-order valence-corrected chi connectivity index (χ4v) is 15.1. The number of hydrogen-bond donors (Lipinski definition) is 7. The molecule has 0 radical (unpaired) electrons. The van der Waals surface area contributed by atoms with E-state index in [1.807, 2.05) is 0 Å². The number of fused-ring (bicyclic) bond motifs is 3. The number of ether oxygens (including phenoxy) is 6. The van der Waals surface area contributed by atoms with Crippen LogP contribution in [0.3, 0.4) is 0 Å². The van der Waals surface area contributed by atoms with Crippen molar-refractivity contribution in [2.24, 2.45) is 12.5 Å². The predicted octanol–water partition coefficient (Wildman–Crippen LogP) is -15.6. The van der Waals surface area contributed by atoms with Crippen molar-refractivity contribution in [3.8, 4) is 5.88 Å². The molecule has 0 amide bonds. The second-order valence-corrected chi connectivity index (χ2v) is 28.5. The summed E-state index contributed by atoms with van der Waals surface area (Å²) >= 11 is 5.19. The standard InChI is InChI=1S/C44H58N16O26P4S.4Na/c1-44(2,3)32(18-8-6-7-9-19(18)60(66)67)77-17-76-30-27(62)21(82-40(30)59-16-56(4)25-36(59)53-43(47)55-38(25)65)10-78-87(68,69)85-89(72,73)86-88(70,71)79-12-22-29(31(75-5)41(83-22)57-14-50-23-33(45)48-13-49-34(23)57)84-90(74,91)80-11-20-26(61)28(63)39(81-20)58-15-51-24-35(58)52-42(46)54-37(24)64;;;;/h6-9,13-16,20-22,26-32,39-41,61-63H,10-12,17H2,1-5H3,(H11-,45,46,47,48,49,52,53,54,55,64,65,68,69,70,71,72,73,74,91);;;;/q;4*+1/p-4/t20-,21-,22-,26?,27+,28+,29?,30?,31+,32?,39-,40-,41-,90?;;;;/m1..../s1. The van der Waals surface area contributed by atoms with Crippen LogP contribution in [-0.2, 0) is 87.7 Å². The number of aromatic amines is 1. The van der Waals surface area contributed by atoms with Crippen LogP contribution in [0.25, 0.3) is 33.5 Å². The first-order valence-electron chi connectivity index (χ1n) is 26.3. The summed E-state index contributed by atoms with van der Waals surface area (Å²) in [7, 11) is -16.8. The Morgan fingerprint density at radius 2 is 1.38 bits per heavy atom. The van der Waals surface area contributed by atoms with Gasteiger partial charge in [-0.2, -0.15) is 4.98 Å². The summed E-state index contributed by atoms with van der Waals surface area (Å²) in [4.78, 5) is 108. The molecule has 0 bridgehead atoms. The Labute approximate surface area is 628 Å². The maximum Gasteiger partial charge on any atom is 1.00 e. The van der Waals surface area contributed by atoms with E-state index >= 15 is 0 Å². The Hall–Kier alpha value is -2.15. The maximum absolute atomic E-state index is 14.1. The zero-order chi connectivity index (χ0) is 66.0. The number of aromatic nitrogens is 12. The number of imidazole rings is 3. The number of aliphatic hydroxyl groups is 3. The van der Waals surface area contributed by atoms with Crippen molar-refractivity contribution in [1.82, 2.24) is 53.6 Å². The quantitative estimate of drug-likeness (QED) is 0.00698. The number of hydrogen-bond acceptors (Lipinski definition) is 37. The van der Waals surface area contributed by atoms with E-state index in [0.717, 1.165) is 35.2 Å². The molecule has 0 aliphatic carbocycles. The summed E-state index contributed by atoms with van der Waals surface area (Å²) in [5, 5.41) is 58.5. The fourth-order valence-electron chi connectivity index (χ4n) is 10.2. The minimum atomic E-state index is -6.67. The maximum atomic E-state index is 14.1. The molecule has 17 atom stereocenters. The Morgan fingerprint density at radius 1 is 0.779 bits per heavy atom. The number of benzene rings is 1. The first kappa shape index (κ1) is 81.8. The van der Waals surface area contributed by atoms with Crippen LogP contribution in [0, 0.1) is 15.5 Å². The zero-order valence-electron chi connectivity index (χ0n) is 51.5. The van der Waals surface area contributed by atoms with Gasteiger partial charge in [0.15, 0.2) is 46.9 Å². The van der Waals surface area contributed by atoms with Gasteiger partial charge >= 0.3 is 124 Å². The normalized spacial score (nSPS) is 26.5. The number of nitrogen functional groups attached to an aromatic ring is 3. The van der Waals surface area contributed by atoms with Gasteiger partial charge in [-0.3, -0.25) is 47.3 Å². The van der Waals surface area contributed by atoms with Gasteiger partial charge in [-0.05, 0) is 11.5 Å². The molecule has 1 aromatic carbocycles. The van der Waals surface area contributed by atoms with E-state index < -0.39 is 164 Å². The van der Waals surface area contributed by atoms with Gasteiger partial charge in [-0.15, -0.1) is 0 Å². The number of nitrogens with two attached hydrogens (primary N) is 3. The number of aliphatic hydroxyl groups excluding tert-OH is 3. The number of H-pyrrole nitrogens is 1. The van der Waals surface area contributed by atoms with Crippen LogP contribution < -0.4 is 170 Å². The van der Waals surface area contributed by atoms with Crippen LogP contribution in [0.4, 0.5) is 23.4 Å². The summed E-state index contributed by atoms with van der Waals surface area (Å²) in [5.74, 6) is -1.74. The van der Waals surface area contributed by atoms with Gasteiger partial charge < -0.3 is 104 Å². The van der Waals surface area contributed by atoms with Gasteiger partial charge in [-0.1, -0.05) is 49.7 Å². The number of methoxy groups -OCH3 is 1. The Bertz CT molecular complexity index is 4170. The third-order valence-corrected chi connectivity index (χ3v) is 19.8. The van der Waals surface area contributed by atoms with Crippen molar-refractivity contribution < 1.29 is 237 Å². The molecule has 0 saturated carbocycles. The third-order valence-electron chi connectivity index (χ3n) is 14.2. The molecular formula is C44H54N16Na4O26P4S. The number of phosphoric ester groups is 2. The average molecular weight is 1470 g/mol. The zero-order valence-corrected chi connectivity index (χ0v) is 63.9. The Kier molecular flexibility index (Phi) is 27.9. The Balaban J connectivity index is 0.00000357. The van der Waals surface area contributed by atoms with Crippen LogP contribution in [0.15, 0.2) is 54.4 Å². The molecule has 8 unspecified atom stereocenters. The van der Waals surface area contributed by atoms with Crippen molar-refractivity contribution in [3.05, 3.63) is 75.6 Å². The van der Waals surface area contributed by atoms with Gasteiger partial charge in [0.2, 0.25) is 12.2 Å². The molecule has 0 spiro atoms. The topological polar surface area (TPSA) is 601 Å². The summed E-state index contributed by atoms with van der Waals surface area (Å²) in [6, 6.07) is 5.74. The number of rotatable bonds is 25. The molecule has 7 aromatic rings. The van der Waals surface area contributed by atoms with E-state index in [9.17, 15) is 68.6 Å². The smallest absolute Gasteiger partial charge is 0.856 e. The predicted molar refractivity (Wildman–Crippen MR) is 294 cm³/mol. The second-order valence-electron chi connectivity index (χ2n) is 21.3. The number of nitrogens with zero attached hydrogens (tertiary/aromatic N) is 12. The van der Waals surface area contributed by atoms with Gasteiger partial charge in [-0.25, -0.2) is 38.1 Å². The molecule has 10 rings (SSSR count). The molecule has 3 aliphatic rings. The molecule has 9 heterocycles. The molecular weight excluding hydrogens is 1420 g/mol. The van der Waals surface area contributed by atoms with Crippen molar-refractivity contribution in [2.45, 2.75) is 100 Å². The van der Waals surface area contributed by atoms with Crippen molar-refractivity contribution in [3.63, 3.8) is 0 Å². The SMILES string of the molecule is CO[C@H]1C(OP([O-])(=S)OC[C@H]2O[C@@H](n3cnc4c(=O)[nH]c(N)nc43)[C@@H](O)C2O)[C@@H](COP(=O)([O-])OP(=O)([O-])OP(=O)([O-])OC[C@H]2O[C@@H]([n+]3cn(C)c4c([O-])nc(N)nc43)C(OCOC(c3ccccc3[N+](=O)[O-])C(C)(C)C)[C@H]2O)O[C@H]1n1cnc2c(N)ncnc21.[Na+].[Na+].[Na+].[Na+]. The average Bonchev–Trinajstić information content (AvgIpc) is 1.63. The van der Waals surface area contributed by atoms with E-state index in [0.29, 0.717) is 0 Å². The number of aryl methyl sites for hydroxylation is 1. The second kappa shape index (κ2) is 32.4. The summed E-state index contributed by atoms with van der Waals surface area (Å²) in [6.45, 7) is -4.04. The first-order chi connectivity index (χ1) is 42.7. The molecule has 42 nitrogen and oxygen atoms in total. The van der Waals surface area contributed by atoms with E-state index in [-0.39, 0.29) is 175 Å². The molecule has 3 aliphatic heterocycles. The molecule has 3 saturated heterocycles. The molecule has 3 fully saturated rings. The number of nitro groups is 1. The van der Waals surface area contributed by atoms with Gasteiger partial charge in [0.1, 0.15) is 80.3 Å². The first-order valence-corrected chi connectivity index (χ1v) is 33.3. The Morgan fingerprint density at radius 3 is 2.02 bits per heavy atom. The minimum absolute atomic E-state index is 0. The molecule has 6 aromatic heterocycles. The van der Waals surface area contributed by atoms with Crippen molar-refractivity contribution in [2.75, 3.05) is 50.9 Å². The van der Waals surface area contributed by atoms with Crippen LogP contribution in [0.5, 0.6) is 5.88 Å². The van der Waals surface area contributed by atoms with E-state index in [4.69, 9.17) is 75.5 Å². The number of anilines is 3. The number of nitro benzene ring substituents is 1. The summed E-state index contributed by atoms with van der Waals surface area (Å²) in [6.07, 6.45) is -16.8. The van der Waals surface area contributed by atoms with E-state index in [2.05, 4.69) is 48.5 Å². The number of nitrogens with one attached hydrogen (secondary N) is 1. The molecule has 10 N–H and O–H groups in total. The number of para-hydroxylation sites is 1. The fraction of sp³-hybridized carbons (Fsp3) is 0.523. The van der Waals surface area contributed by atoms with Crippen LogP contribution in [0.1, 0.15) is 51.1 Å². The van der Waals surface area contributed by atoms with Crippen LogP contribution >= 0.6 is 30.2 Å². The molecule has 496 valence electrons. The van der Waals surface area contributed by atoms with Gasteiger partial charge in [0, 0.05) is 19.1 Å². The van der Waals surface area contributed by atoms with E-state index in [1.54, 1.807) is 26.8 Å². The molecule has 51 heteroatoms. The van der Waals surface area contributed by atoms with Gasteiger partial charge in [0.05, 0.1) is 56.1 Å². The number of phosphoric acid groups is 3.